The Morgan fingerprint density at radius 1 is 1.12 bits per heavy atom. The summed E-state index contributed by atoms with van der Waals surface area (Å²) in [6, 6.07) is 9.98. The predicted molar refractivity (Wildman–Crippen MR) is 99.8 cm³/mol. The number of esters is 1. The average molecular weight is 364 g/mol. The number of ether oxygens (including phenoxy) is 1. The monoisotopic (exact) mass is 363 g/mol. The molecule has 0 aromatic heterocycles. The van der Waals surface area contributed by atoms with E-state index in [1.54, 1.807) is 4.90 Å². The van der Waals surface area contributed by atoms with Crippen LogP contribution in [0.5, 0.6) is 0 Å². The molecule has 1 aromatic carbocycles. The van der Waals surface area contributed by atoms with Crippen LogP contribution in [0, 0.1) is 5.92 Å². The summed E-state index contributed by atoms with van der Waals surface area (Å²) < 4.78 is 4.83. The maximum atomic E-state index is 12.4. The minimum absolute atomic E-state index is 0.0635. The van der Waals surface area contributed by atoms with Gasteiger partial charge < -0.3 is 19.9 Å². The number of carbonyl (C=O) groups is 2. The normalized spacial score (nSPS) is 22.3. The van der Waals surface area contributed by atoms with Crippen molar-refractivity contribution in [2.75, 3.05) is 39.8 Å². The lowest BCUT2D eigenvalue weighted by atomic mass is 9.99. The lowest BCUT2D eigenvalue weighted by Gasteiger charge is -2.30. The first-order valence-electron chi connectivity index (χ1n) is 9.61. The second-order valence-corrected chi connectivity index (χ2v) is 7.29. The van der Waals surface area contributed by atoms with Crippen molar-refractivity contribution in [2.45, 2.75) is 32.9 Å². The fourth-order valence-electron chi connectivity index (χ4n) is 3.44. The molecule has 0 unspecified atom stereocenters. The van der Waals surface area contributed by atoms with Crippen LogP contribution in [-0.4, -0.2) is 57.8 Å². The van der Waals surface area contributed by atoms with E-state index in [2.05, 4.69) is 29.6 Å². The molecule has 1 aliphatic rings. The van der Waals surface area contributed by atoms with E-state index < -0.39 is 6.04 Å². The number of nitrogens with one attached hydrogen (secondary N) is 3. The van der Waals surface area contributed by atoms with Crippen LogP contribution in [0.25, 0.3) is 0 Å². The maximum Gasteiger partial charge on any atom is 0.328 e. The van der Waals surface area contributed by atoms with Gasteiger partial charge in [0, 0.05) is 5.56 Å². The van der Waals surface area contributed by atoms with Crippen LogP contribution in [0.3, 0.4) is 0 Å². The predicted octanol–water partition coefficient (Wildman–Crippen LogP) is -1.33. The molecule has 6 nitrogen and oxygen atoms in total. The molecule has 1 aromatic rings. The maximum absolute atomic E-state index is 12.4. The van der Waals surface area contributed by atoms with Crippen molar-refractivity contribution in [3.63, 3.8) is 0 Å². The second kappa shape index (κ2) is 10.3. The van der Waals surface area contributed by atoms with Gasteiger partial charge >= 0.3 is 5.97 Å². The van der Waals surface area contributed by atoms with Gasteiger partial charge in [-0.1, -0.05) is 50.6 Å². The van der Waals surface area contributed by atoms with Crippen LogP contribution in [-0.2, 0) is 20.9 Å². The Balaban J connectivity index is 1.77. The van der Waals surface area contributed by atoms with Gasteiger partial charge in [-0.05, 0) is 5.92 Å². The van der Waals surface area contributed by atoms with E-state index >= 15 is 0 Å². The number of carbonyl (C=O) groups excluding carboxylic acids is 2. The molecule has 1 aliphatic heterocycles. The standard InChI is InChI=1S/C20H31N3O3/c1-4-16(2)19(20(25)26-3)21-18(24)15-23-12-10-22(11-13-23)14-17-8-6-5-7-9-17/h5-9,16,19H,4,10-15H2,1-3H3,(H,21,24)/p+2/t16-,19+/m0/s1. The number of hydrogen-bond acceptors (Lipinski definition) is 3. The van der Waals surface area contributed by atoms with Gasteiger partial charge in [0.25, 0.3) is 5.91 Å². The van der Waals surface area contributed by atoms with Crippen molar-refractivity contribution in [1.29, 1.82) is 0 Å². The lowest BCUT2D eigenvalue weighted by molar-refractivity contribution is -1.02. The first kappa shape index (κ1) is 20.4. The molecule has 1 heterocycles. The van der Waals surface area contributed by atoms with Crippen LogP contribution in [0.1, 0.15) is 25.8 Å². The van der Waals surface area contributed by atoms with Crippen molar-refractivity contribution in [3.8, 4) is 0 Å². The highest BCUT2D eigenvalue weighted by molar-refractivity contribution is 5.85. The third-order valence-corrected chi connectivity index (χ3v) is 5.36. The van der Waals surface area contributed by atoms with Crippen LogP contribution >= 0.6 is 0 Å². The summed E-state index contributed by atoms with van der Waals surface area (Å²) in [4.78, 5) is 27.1. The van der Waals surface area contributed by atoms with Gasteiger partial charge in [0.15, 0.2) is 6.54 Å². The molecule has 3 N–H and O–H groups in total. The van der Waals surface area contributed by atoms with E-state index in [1.165, 1.54) is 17.6 Å². The summed E-state index contributed by atoms with van der Waals surface area (Å²) in [5.41, 5.74) is 1.36. The number of piperazine rings is 1. The van der Waals surface area contributed by atoms with E-state index in [1.807, 2.05) is 19.9 Å². The van der Waals surface area contributed by atoms with E-state index in [-0.39, 0.29) is 17.8 Å². The molecule has 1 amide bonds. The van der Waals surface area contributed by atoms with Crippen LogP contribution in [0.15, 0.2) is 30.3 Å². The first-order valence-corrected chi connectivity index (χ1v) is 9.61. The van der Waals surface area contributed by atoms with Gasteiger partial charge in [0.1, 0.15) is 38.8 Å². The molecular weight excluding hydrogens is 330 g/mol. The Hall–Kier alpha value is -1.92. The number of hydrogen-bond donors (Lipinski definition) is 3. The van der Waals surface area contributed by atoms with E-state index in [0.717, 1.165) is 39.1 Å². The molecule has 144 valence electrons. The van der Waals surface area contributed by atoms with Crippen molar-refractivity contribution in [3.05, 3.63) is 35.9 Å². The SMILES string of the molecule is CC[C@H](C)[C@@H](NC(=O)C[NH+]1CC[NH+](Cc2ccccc2)CC1)C(=O)OC. The Morgan fingerprint density at radius 3 is 2.31 bits per heavy atom. The third-order valence-electron chi connectivity index (χ3n) is 5.36. The molecular formula is C20H33N3O3+2. The molecule has 2 atom stereocenters. The highest BCUT2D eigenvalue weighted by Gasteiger charge is 2.29. The highest BCUT2D eigenvalue weighted by atomic mass is 16.5. The second-order valence-electron chi connectivity index (χ2n) is 7.29. The Kier molecular flexibility index (Phi) is 8.06. The lowest BCUT2D eigenvalue weighted by Crippen LogP contribution is -3.28. The molecule has 0 aliphatic carbocycles. The molecule has 26 heavy (non-hydrogen) atoms. The Labute approximate surface area is 156 Å². The Morgan fingerprint density at radius 2 is 1.73 bits per heavy atom. The number of methoxy groups -OCH3 is 1. The van der Waals surface area contributed by atoms with Crippen LogP contribution in [0.4, 0.5) is 0 Å². The van der Waals surface area contributed by atoms with E-state index in [9.17, 15) is 9.59 Å². The van der Waals surface area contributed by atoms with E-state index in [4.69, 9.17) is 4.74 Å². The van der Waals surface area contributed by atoms with Crippen molar-refractivity contribution in [1.82, 2.24) is 5.32 Å². The zero-order chi connectivity index (χ0) is 18.9. The summed E-state index contributed by atoms with van der Waals surface area (Å²) >= 11 is 0. The van der Waals surface area contributed by atoms with Gasteiger partial charge in [-0.25, -0.2) is 4.79 Å². The van der Waals surface area contributed by atoms with Crippen LogP contribution < -0.4 is 15.1 Å². The number of benzene rings is 1. The molecule has 6 heteroatoms. The fourth-order valence-corrected chi connectivity index (χ4v) is 3.44. The number of amides is 1. The smallest absolute Gasteiger partial charge is 0.328 e. The van der Waals surface area contributed by atoms with Gasteiger partial charge in [0.05, 0.1) is 7.11 Å². The van der Waals surface area contributed by atoms with Crippen molar-refractivity contribution < 1.29 is 24.1 Å². The topological polar surface area (TPSA) is 64.3 Å². The average Bonchev–Trinajstić information content (AvgIpc) is 2.67. The summed E-state index contributed by atoms with van der Waals surface area (Å²) in [5, 5.41) is 2.88. The molecule has 1 fully saturated rings. The van der Waals surface area contributed by atoms with Crippen LogP contribution in [0.2, 0.25) is 0 Å². The zero-order valence-electron chi connectivity index (χ0n) is 16.2. The molecule has 2 rings (SSSR count). The fraction of sp³-hybridized carbons (Fsp3) is 0.600. The summed E-state index contributed by atoms with van der Waals surface area (Å²) in [6.45, 7) is 9.49. The van der Waals surface area contributed by atoms with Gasteiger partial charge in [-0.3, -0.25) is 4.79 Å². The van der Waals surface area contributed by atoms with Gasteiger partial charge in [-0.2, -0.15) is 0 Å². The zero-order valence-corrected chi connectivity index (χ0v) is 16.2. The first-order chi connectivity index (χ1) is 12.5. The minimum atomic E-state index is -0.554. The minimum Gasteiger partial charge on any atom is -0.467 e. The molecule has 0 spiro atoms. The molecule has 0 radical (unpaired) electrons. The summed E-state index contributed by atoms with van der Waals surface area (Å²) in [5.74, 6) is -0.365. The van der Waals surface area contributed by atoms with E-state index in [0.29, 0.717) is 6.54 Å². The van der Waals surface area contributed by atoms with Gasteiger partial charge in [-0.15, -0.1) is 0 Å². The Bertz CT molecular complexity index is 571. The largest absolute Gasteiger partial charge is 0.467 e. The van der Waals surface area contributed by atoms with Crippen molar-refractivity contribution >= 4 is 11.9 Å². The quantitative estimate of drug-likeness (QED) is 0.502. The molecule has 0 saturated carbocycles. The molecule has 1 saturated heterocycles. The highest BCUT2D eigenvalue weighted by Crippen LogP contribution is 2.08. The van der Waals surface area contributed by atoms with Gasteiger partial charge in [0.2, 0.25) is 0 Å². The summed E-state index contributed by atoms with van der Waals surface area (Å²) in [6.07, 6.45) is 0.814. The molecule has 0 bridgehead atoms. The summed E-state index contributed by atoms with van der Waals surface area (Å²) in [7, 11) is 1.36. The van der Waals surface area contributed by atoms with Crippen molar-refractivity contribution in [2.24, 2.45) is 5.92 Å². The number of quaternary nitrogens is 2. The number of rotatable bonds is 8. The third kappa shape index (κ3) is 6.11.